The van der Waals surface area contributed by atoms with Crippen LogP contribution in [-0.2, 0) is 11.3 Å². The Morgan fingerprint density at radius 2 is 1.88 bits per heavy atom. The molecule has 1 aromatic heterocycles. The van der Waals surface area contributed by atoms with Gasteiger partial charge in [-0.15, -0.1) is 11.8 Å². The average molecular weight is 375 g/mol. The Morgan fingerprint density at radius 3 is 2.50 bits per heavy atom. The lowest BCUT2D eigenvalue weighted by Crippen LogP contribution is -2.28. The van der Waals surface area contributed by atoms with E-state index in [4.69, 9.17) is 14.2 Å². The topological polar surface area (TPSA) is 73.8 Å². The van der Waals surface area contributed by atoms with Crippen molar-refractivity contribution in [1.29, 1.82) is 0 Å². The first-order valence-electron chi connectivity index (χ1n) is 8.06. The number of hydrogen-bond acceptors (Lipinski definition) is 7. The summed E-state index contributed by atoms with van der Waals surface area (Å²) in [6.45, 7) is 2.27. The second-order valence-corrected chi connectivity index (χ2v) is 6.83. The van der Waals surface area contributed by atoms with Gasteiger partial charge in [-0.05, 0) is 19.1 Å². The van der Waals surface area contributed by atoms with E-state index >= 15 is 0 Å². The normalized spacial score (nSPS) is 16.7. The summed E-state index contributed by atoms with van der Waals surface area (Å²) < 4.78 is 16.4. The largest absolute Gasteiger partial charge is 0.493 e. The summed E-state index contributed by atoms with van der Waals surface area (Å²) in [5.41, 5.74) is 2.45. The molecule has 0 saturated carbocycles. The van der Waals surface area contributed by atoms with Gasteiger partial charge in [-0.1, -0.05) is 0 Å². The third-order valence-electron chi connectivity index (χ3n) is 4.14. The third kappa shape index (κ3) is 3.41. The molecule has 0 radical (unpaired) electrons. The van der Waals surface area contributed by atoms with Crippen molar-refractivity contribution in [2.45, 2.75) is 18.8 Å². The van der Waals surface area contributed by atoms with Gasteiger partial charge in [0.05, 0.1) is 51.2 Å². The summed E-state index contributed by atoms with van der Waals surface area (Å²) >= 11 is 1.55. The van der Waals surface area contributed by atoms with E-state index in [0.717, 1.165) is 17.0 Å². The molecule has 2 aromatic rings. The Morgan fingerprint density at radius 1 is 1.12 bits per heavy atom. The number of hydrogen-bond donors (Lipinski definition) is 0. The summed E-state index contributed by atoms with van der Waals surface area (Å²) in [4.78, 5) is 22.9. The van der Waals surface area contributed by atoms with Crippen LogP contribution in [0.2, 0.25) is 0 Å². The van der Waals surface area contributed by atoms with Crippen LogP contribution in [0.1, 0.15) is 22.3 Å². The molecule has 1 aliphatic rings. The Labute approximate surface area is 156 Å². The monoisotopic (exact) mass is 375 g/mol. The van der Waals surface area contributed by atoms with Crippen LogP contribution in [-0.4, -0.2) is 47.9 Å². The number of nitrogens with zero attached hydrogens (tertiary/aromatic N) is 3. The molecule has 0 spiro atoms. The van der Waals surface area contributed by atoms with Gasteiger partial charge in [-0.25, -0.2) is 0 Å². The van der Waals surface area contributed by atoms with Gasteiger partial charge in [0, 0.05) is 11.8 Å². The highest BCUT2D eigenvalue weighted by atomic mass is 32.2. The molecule has 1 unspecified atom stereocenters. The fraction of sp³-hybridized carbons (Fsp3) is 0.389. The number of carbonyl (C=O) groups excluding carboxylic acids is 1. The van der Waals surface area contributed by atoms with E-state index in [1.807, 2.05) is 19.1 Å². The zero-order valence-corrected chi connectivity index (χ0v) is 16.0. The first-order valence-corrected chi connectivity index (χ1v) is 9.11. The standard InChI is InChI=1S/C18H21N3O4S/c1-11-7-20-12(8-19-11)9-21-15(22)10-26-18(21)13-5-6-14(23-2)17(25-4)16(13)24-3/h5-8,18H,9-10H2,1-4H3. The molecule has 1 aromatic carbocycles. The van der Waals surface area contributed by atoms with Crippen LogP contribution in [0, 0.1) is 6.92 Å². The number of carbonyl (C=O) groups is 1. The molecule has 2 heterocycles. The number of aromatic nitrogens is 2. The molecule has 1 fully saturated rings. The van der Waals surface area contributed by atoms with Crippen molar-refractivity contribution >= 4 is 17.7 Å². The minimum atomic E-state index is -0.194. The average Bonchev–Trinajstić information content (AvgIpc) is 3.02. The predicted octanol–water partition coefficient (Wildman–Crippen LogP) is 2.59. The van der Waals surface area contributed by atoms with Gasteiger partial charge in [-0.3, -0.25) is 14.8 Å². The zero-order chi connectivity index (χ0) is 18.7. The van der Waals surface area contributed by atoms with E-state index in [-0.39, 0.29) is 11.3 Å². The van der Waals surface area contributed by atoms with Gasteiger partial charge >= 0.3 is 0 Å². The van der Waals surface area contributed by atoms with Gasteiger partial charge in [0.25, 0.3) is 0 Å². The quantitative estimate of drug-likeness (QED) is 0.768. The molecule has 3 rings (SSSR count). The number of thioether (sulfide) groups is 1. The van der Waals surface area contributed by atoms with E-state index in [1.54, 1.807) is 50.4 Å². The lowest BCUT2D eigenvalue weighted by Gasteiger charge is -2.26. The second kappa shape index (κ2) is 7.82. The SMILES string of the molecule is COc1ccc(C2SCC(=O)N2Cc2cnc(C)cn2)c(OC)c1OC. The molecule has 0 bridgehead atoms. The zero-order valence-electron chi connectivity index (χ0n) is 15.2. The Kier molecular flexibility index (Phi) is 5.51. The maximum absolute atomic E-state index is 12.5. The molecule has 1 atom stereocenters. The fourth-order valence-electron chi connectivity index (χ4n) is 2.88. The van der Waals surface area contributed by atoms with Gasteiger partial charge < -0.3 is 19.1 Å². The van der Waals surface area contributed by atoms with Crippen molar-refractivity contribution in [2.75, 3.05) is 27.1 Å². The number of methoxy groups -OCH3 is 3. The fourth-order valence-corrected chi connectivity index (χ4v) is 4.08. The number of rotatable bonds is 6. The minimum Gasteiger partial charge on any atom is -0.493 e. The van der Waals surface area contributed by atoms with E-state index in [9.17, 15) is 4.79 Å². The van der Waals surface area contributed by atoms with Gasteiger partial charge in [-0.2, -0.15) is 0 Å². The molecule has 8 heteroatoms. The summed E-state index contributed by atoms with van der Waals surface area (Å²) in [5, 5.41) is -0.194. The summed E-state index contributed by atoms with van der Waals surface area (Å²) in [6.07, 6.45) is 3.41. The summed E-state index contributed by atoms with van der Waals surface area (Å²) in [6, 6.07) is 3.73. The highest BCUT2D eigenvalue weighted by Crippen LogP contribution is 2.48. The van der Waals surface area contributed by atoms with Crippen molar-refractivity contribution in [3.8, 4) is 17.2 Å². The van der Waals surface area contributed by atoms with Gasteiger partial charge in [0.2, 0.25) is 11.7 Å². The molecule has 138 valence electrons. The lowest BCUT2D eigenvalue weighted by molar-refractivity contribution is -0.128. The minimum absolute atomic E-state index is 0.0548. The van der Waals surface area contributed by atoms with Crippen LogP contribution >= 0.6 is 11.8 Å². The number of amides is 1. The lowest BCUT2D eigenvalue weighted by atomic mass is 10.1. The van der Waals surface area contributed by atoms with Crippen LogP contribution in [0.5, 0.6) is 17.2 Å². The van der Waals surface area contributed by atoms with Crippen LogP contribution < -0.4 is 14.2 Å². The van der Waals surface area contributed by atoms with Crippen molar-refractivity contribution in [2.24, 2.45) is 0 Å². The van der Waals surface area contributed by atoms with Gasteiger partial charge in [0.15, 0.2) is 11.5 Å². The molecule has 1 amide bonds. The smallest absolute Gasteiger partial charge is 0.234 e. The number of benzene rings is 1. The Hall–Kier alpha value is -2.48. The molecule has 26 heavy (non-hydrogen) atoms. The third-order valence-corrected chi connectivity index (χ3v) is 5.37. The summed E-state index contributed by atoms with van der Waals surface area (Å²) in [7, 11) is 4.72. The summed E-state index contributed by atoms with van der Waals surface area (Å²) in [5.74, 6) is 2.13. The van der Waals surface area contributed by atoms with Crippen molar-refractivity contribution in [1.82, 2.24) is 14.9 Å². The predicted molar refractivity (Wildman–Crippen MR) is 98.6 cm³/mol. The highest BCUT2D eigenvalue weighted by molar-refractivity contribution is 8.00. The second-order valence-electron chi connectivity index (χ2n) is 5.76. The molecule has 1 aliphatic heterocycles. The molecule has 0 aliphatic carbocycles. The van der Waals surface area contributed by atoms with E-state index < -0.39 is 0 Å². The van der Waals surface area contributed by atoms with Crippen molar-refractivity contribution < 1.29 is 19.0 Å². The Bertz CT molecular complexity index is 798. The molecule has 1 saturated heterocycles. The van der Waals surface area contributed by atoms with E-state index in [1.165, 1.54) is 0 Å². The van der Waals surface area contributed by atoms with E-state index in [0.29, 0.717) is 29.5 Å². The highest BCUT2D eigenvalue weighted by Gasteiger charge is 2.36. The maximum atomic E-state index is 12.5. The van der Waals surface area contributed by atoms with Crippen LogP contribution in [0.4, 0.5) is 0 Å². The first-order chi connectivity index (χ1) is 12.6. The van der Waals surface area contributed by atoms with Crippen molar-refractivity contribution in [3.05, 3.63) is 41.5 Å². The molecule has 7 nitrogen and oxygen atoms in total. The van der Waals surface area contributed by atoms with Crippen LogP contribution in [0.3, 0.4) is 0 Å². The Balaban J connectivity index is 1.96. The number of aryl methyl sites for hydroxylation is 1. The van der Waals surface area contributed by atoms with Crippen molar-refractivity contribution in [3.63, 3.8) is 0 Å². The van der Waals surface area contributed by atoms with Gasteiger partial charge in [0.1, 0.15) is 5.37 Å². The first kappa shape index (κ1) is 18.3. The molecule has 0 N–H and O–H groups in total. The van der Waals surface area contributed by atoms with Crippen LogP contribution in [0.25, 0.3) is 0 Å². The molecular formula is C18H21N3O4S. The maximum Gasteiger partial charge on any atom is 0.234 e. The van der Waals surface area contributed by atoms with Crippen LogP contribution in [0.15, 0.2) is 24.5 Å². The van der Waals surface area contributed by atoms with E-state index in [2.05, 4.69) is 9.97 Å². The number of ether oxygens (including phenoxy) is 3. The molecular weight excluding hydrogens is 354 g/mol.